The third kappa shape index (κ3) is 2.64. The summed E-state index contributed by atoms with van der Waals surface area (Å²) in [4.78, 5) is 4.47. The standard InChI is InChI=1S/C17H16N2/c18-16(14-6-2-1-3-7-14)11-13-10-15-8-4-5-9-17(15)19-12-13/h1-10,12,16H,11,18H2. The first-order chi connectivity index (χ1) is 9.33. The molecule has 0 aliphatic carbocycles. The van der Waals surface area contributed by atoms with Crippen molar-refractivity contribution in [2.24, 2.45) is 5.73 Å². The van der Waals surface area contributed by atoms with Gasteiger partial charge in [-0.05, 0) is 29.7 Å². The summed E-state index contributed by atoms with van der Waals surface area (Å²) >= 11 is 0. The number of nitrogens with zero attached hydrogens (tertiary/aromatic N) is 1. The molecule has 2 N–H and O–H groups in total. The average molecular weight is 248 g/mol. The molecule has 19 heavy (non-hydrogen) atoms. The fourth-order valence-electron chi connectivity index (χ4n) is 2.30. The third-order valence-corrected chi connectivity index (χ3v) is 3.33. The lowest BCUT2D eigenvalue weighted by Crippen LogP contribution is -2.13. The van der Waals surface area contributed by atoms with E-state index in [-0.39, 0.29) is 6.04 Å². The number of pyridine rings is 1. The molecule has 3 rings (SSSR count). The maximum absolute atomic E-state index is 6.24. The molecular weight excluding hydrogens is 232 g/mol. The highest BCUT2D eigenvalue weighted by atomic mass is 14.7. The van der Waals surface area contributed by atoms with Gasteiger partial charge < -0.3 is 5.73 Å². The zero-order chi connectivity index (χ0) is 13.1. The summed E-state index contributed by atoms with van der Waals surface area (Å²) in [5.74, 6) is 0. The first-order valence-corrected chi connectivity index (χ1v) is 6.47. The fraction of sp³-hybridized carbons (Fsp3) is 0.118. The van der Waals surface area contributed by atoms with Crippen LogP contribution in [0.15, 0.2) is 66.9 Å². The molecule has 2 aromatic carbocycles. The predicted molar refractivity (Wildman–Crippen MR) is 78.8 cm³/mol. The lowest BCUT2D eigenvalue weighted by Gasteiger charge is -2.12. The molecule has 2 nitrogen and oxygen atoms in total. The Bertz CT molecular complexity index is 677. The van der Waals surface area contributed by atoms with E-state index in [4.69, 9.17) is 5.73 Å². The summed E-state index contributed by atoms with van der Waals surface area (Å²) in [7, 11) is 0. The maximum atomic E-state index is 6.24. The Morgan fingerprint density at radius 3 is 2.53 bits per heavy atom. The number of rotatable bonds is 3. The van der Waals surface area contributed by atoms with Gasteiger partial charge in [0.25, 0.3) is 0 Å². The van der Waals surface area contributed by atoms with Gasteiger partial charge >= 0.3 is 0 Å². The quantitative estimate of drug-likeness (QED) is 0.770. The number of fused-ring (bicyclic) bond motifs is 1. The van der Waals surface area contributed by atoms with Crippen LogP contribution in [0.25, 0.3) is 10.9 Å². The fourth-order valence-corrected chi connectivity index (χ4v) is 2.30. The molecule has 3 aromatic rings. The van der Waals surface area contributed by atoms with Gasteiger partial charge in [0.1, 0.15) is 0 Å². The van der Waals surface area contributed by atoms with Crippen LogP contribution in [0.2, 0.25) is 0 Å². The second-order valence-corrected chi connectivity index (χ2v) is 4.76. The summed E-state index contributed by atoms with van der Waals surface area (Å²) < 4.78 is 0. The molecule has 0 saturated heterocycles. The van der Waals surface area contributed by atoms with E-state index in [0.717, 1.165) is 17.5 Å². The molecule has 0 radical (unpaired) electrons. The number of para-hydroxylation sites is 1. The van der Waals surface area contributed by atoms with Crippen molar-refractivity contribution in [3.05, 3.63) is 78.0 Å². The van der Waals surface area contributed by atoms with Crippen LogP contribution in [0.3, 0.4) is 0 Å². The second-order valence-electron chi connectivity index (χ2n) is 4.76. The van der Waals surface area contributed by atoms with Crippen molar-refractivity contribution in [1.82, 2.24) is 4.98 Å². The van der Waals surface area contributed by atoms with Crippen LogP contribution in [0.5, 0.6) is 0 Å². The number of hydrogen-bond acceptors (Lipinski definition) is 2. The molecular formula is C17H16N2. The smallest absolute Gasteiger partial charge is 0.0702 e. The Labute approximate surface area is 112 Å². The van der Waals surface area contributed by atoms with Crippen molar-refractivity contribution in [1.29, 1.82) is 0 Å². The number of hydrogen-bond donors (Lipinski definition) is 1. The molecule has 0 aliphatic heterocycles. The van der Waals surface area contributed by atoms with Crippen molar-refractivity contribution in [3.8, 4) is 0 Å². The van der Waals surface area contributed by atoms with E-state index in [0.29, 0.717) is 0 Å². The van der Waals surface area contributed by atoms with Crippen molar-refractivity contribution in [2.45, 2.75) is 12.5 Å². The van der Waals surface area contributed by atoms with E-state index < -0.39 is 0 Å². The van der Waals surface area contributed by atoms with Gasteiger partial charge in [-0.2, -0.15) is 0 Å². The number of aromatic nitrogens is 1. The molecule has 1 unspecified atom stereocenters. The minimum Gasteiger partial charge on any atom is -0.324 e. The Kier molecular flexibility index (Phi) is 3.25. The normalized spacial score (nSPS) is 12.5. The Morgan fingerprint density at radius 1 is 0.947 bits per heavy atom. The van der Waals surface area contributed by atoms with Gasteiger partial charge in [0.05, 0.1) is 5.52 Å². The Balaban J connectivity index is 1.85. The Hall–Kier alpha value is -2.19. The molecule has 0 fully saturated rings. The Morgan fingerprint density at radius 2 is 1.68 bits per heavy atom. The number of nitrogens with two attached hydrogens (primary N) is 1. The summed E-state index contributed by atoms with van der Waals surface area (Å²) in [6, 6.07) is 20.5. The largest absolute Gasteiger partial charge is 0.324 e. The van der Waals surface area contributed by atoms with Crippen molar-refractivity contribution in [2.75, 3.05) is 0 Å². The highest BCUT2D eigenvalue weighted by Gasteiger charge is 2.07. The molecule has 0 aliphatic rings. The summed E-state index contributed by atoms with van der Waals surface area (Å²) in [5, 5.41) is 1.17. The predicted octanol–water partition coefficient (Wildman–Crippen LogP) is 3.48. The second kappa shape index (κ2) is 5.21. The third-order valence-electron chi connectivity index (χ3n) is 3.33. The van der Waals surface area contributed by atoms with Crippen molar-refractivity contribution in [3.63, 3.8) is 0 Å². The minimum atomic E-state index is 0.0177. The minimum absolute atomic E-state index is 0.0177. The molecule has 0 amide bonds. The van der Waals surface area contributed by atoms with Crippen LogP contribution in [0.4, 0.5) is 0 Å². The SMILES string of the molecule is NC(Cc1cnc2ccccc2c1)c1ccccc1. The molecule has 0 saturated carbocycles. The summed E-state index contributed by atoms with van der Waals surface area (Å²) in [6.45, 7) is 0. The average Bonchev–Trinajstić information content (AvgIpc) is 2.48. The molecule has 1 aromatic heterocycles. The monoisotopic (exact) mass is 248 g/mol. The van der Waals surface area contributed by atoms with Crippen molar-refractivity contribution < 1.29 is 0 Å². The van der Waals surface area contributed by atoms with Gasteiger partial charge in [-0.3, -0.25) is 4.98 Å². The summed E-state index contributed by atoms with van der Waals surface area (Å²) in [6.07, 6.45) is 2.73. The molecule has 0 spiro atoms. The van der Waals surface area contributed by atoms with E-state index in [2.05, 4.69) is 29.2 Å². The molecule has 2 heteroatoms. The van der Waals surface area contributed by atoms with Gasteiger partial charge in [-0.15, -0.1) is 0 Å². The van der Waals surface area contributed by atoms with Crippen LogP contribution in [0.1, 0.15) is 17.2 Å². The van der Waals surface area contributed by atoms with Gasteiger partial charge in [0, 0.05) is 17.6 Å². The van der Waals surface area contributed by atoms with Crippen LogP contribution in [-0.4, -0.2) is 4.98 Å². The van der Waals surface area contributed by atoms with Gasteiger partial charge in [0.15, 0.2) is 0 Å². The van der Waals surface area contributed by atoms with Crippen molar-refractivity contribution >= 4 is 10.9 Å². The van der Waals surface area contributed by atoms with Crippen LogP contribution >= 0.6 is 0 Å². The van der Waals surface area contributed by atoms with Crippen LogP contribution < -0.4 is 5.73 Å². The molecule has 94 valence electrons. The molecule has 1 atom stereocenters. The van der Waals surface area contributed by atoms with Gasteiger partial charge in [0.2, 0.25) is 0 Å². The number of benzene rings is 2. The lowest BCUT2D eigenvalue weighted by molar-refractivity contribution is 0.721. The maximum Gasteiger partial charge on any atom is 0.0702 e. The van der Waals surface area contributed by atoms with E-state index in [1.54, 1.807) is 0 Å². The molecule has 1 heterocycles. The van der Waals surface area contributed by atoms with E-state index in [1.165, 1.54) is 10.9 Å². The van der Waals surface area contributed by atoms with Crippen LogP contribution in [-0.2, 0) is 6.42 Å². The first-order valence-electron chi connectivity index (χ1n) is 6.47. The van der Waals surface area contributed by atoms with Gasteiger partial charge in [-0.1, -0.05) is 48.5 Å². The van der Waals surface area contributed by atoms with E-state index in [9.17, 15) is 0 Å². The summed E-state index contributed by atoms with van der Waals surface area (Å²) in [5.41, 5.74) is 9.61. The zero-order valence-electron chi connectivity index (χ0n) is 10.7. The van der Waals surface area contributed by atoms with Gasteiger partial charge in [-0.25, -0.2) is 0 Å². The lowest BCUT2D eigenvalue weighted by atomic mass is 10.00. The zero-order valence-corrected chi connectivity index (χ0v) is 10.7. The van der Waals surface area contributed by atoms with E-state index in [1.807, 2.05) is 42.6 Å². The first kappa shape index (κ1) is 11.9. The van der Waals surface area contributed by atoms with Crippen LogP contribution in [0, 0.1) is 0 Å². The topological polar surface area (TPSA) is 38.9 Å². The highest BCUT2D eigenvalue weighted by molar-refractivity contribution is 5.78. The van der Waals surface area contributed by atoms with E-state index >= 15 is 0 Å². The highest BCUT2D eigenvalue weighted by Crippen LogP contribution is 2.18. The molecule has 0 bridgehead atoms.